The lowest BCUT2D eigenvalue weighted by Crippen LogP contribution is -2.14. The van der Waals surface area contributed by atoms with E-state index in [1.807, 2.05) is 0 Å². The number of thiazole rings is 1. The second-order valence-corrected chi connectivity index (χ2v) is 6.31. The Balaban J connectivity index is 2.56. The molecular weight excluding hydrogens is 216 g/mol. The van der Waals surface area contributed by atoms with E-state index in [1.165, 1.54) is 25.0 Å². The SMILES string of the molecule is CCCCCC(N)c1nc(C(C)(C)C)cs1. The van der Waals surface area contributed by atoms with Gasteiger partial charge in [0.05, 0.1) is 11.7 Å². The second-order valence-electron chi connectivity index (χ2n) is 5.42. The molecule has 0 saturated carbocycles. The molecule has 0 radical (unpaired) electrons. The first-order valence-electron chi connectivity index (χ1n) is 6.16. The van der Waals surface area contributed by atoms with Crippen molar-refractivity contribution in [3.05, 3.63) is 16.1 Å². The summed E-state index contributed by atoms with van der Waals surface area (Å²) in [5.74, 6) is 0. The first kappa shape index (κ1) is 13.7. The molecule has 0 amide bonds. The molecule has 0 fully saturated rings. The standard InChI is InChI=1S/C13H24N2S/c1-5-6-7-8-10(14)12-15-11(9-16-12)13(2,3)4/h9-10H,5-8,14H2,1-4H3. The first-order valence-corrected chi connectivity index (χ1v) is 7.04. The Morgan fingerprint density at radius 3 is 2.56 bits per heavy atom. The van der Waals surface area contributed by atoms with E-state index in [1.54, 1.807) is 11.3 Å². The summed E-state index contributed by atoms with van der Waals surface area (Å²) in [4.78, 5) is 4.65. The minimum atomic E-state index is 0.132. The zero-order valence-corrected chi connectivity index (χ0v) is 11.7. The van der Waals surface area contributed by atoms with Crippen LogP contribution in [0, 0.1) is 0 Å². The quantitative estimate of drug-likeness (QED) is 0.789. The summed E-state index contributed by atoms with van der Waals surface area (Å²) in [5.41, 5.74) is 7.44. The Hall–Kier alpha value is -0.410. The highest BCUT2D eigenvalue weighted by Gasteiger charge is 2.19. The average Bonchev–Trinajstić information content (AvgIpc) is 2.66. The van der Waals surface area contributed by atoms with E-state index in [0.717, 1.165) is 11.4 Å². The van der Waals surface area contributed by atoms with Crippen molar-refractivity contribution in [2.24, 2.45) is 5.73 Å². The molecule has 3 heteroatoms. The maximum atomic E-state index is 6.14. The predicted molar refractivity (Wildman–Crippen MR) is 71.9 cm³/mol. The highest BCUT2D eigenvalue weighted by Crippen LogP contribution is 2.27. The zero-order valence-electron chi connectivity index (χ0n) is 10.9. The van der Waals surface area contributed by atoms with Gasteiger partial charge in [0.15, 0.2) is 0 Å². The van der Waals surface area contributed by atoms with Gasteiger partial charge in [-0.3, -0.25) is 0 Å². The minimum absolute atomic E-state index is 0.132. The van der Waals surface area contributed by atoms with Crippen LogP contribution in [0.2, 0.25) is 0 Å². The van der Waals surface area contributed by atoms with Crippen LogP contribution < -0.4 is 5.73 Å². The van der Waals surface area contributed by atoms with Crippen molar-refractivity contribution in [3.63, 3.8) is 0 Å². The molecule has 0 aliphatic heterocycles. The van der Waals surface area contributed by atoms with Crippen molar-refractivity contribution >= 4 is 11.3 Å². The van der Waals surface area contributed by atoms with Crippen LogP contribution in [0.1, 0.15) is 70.1 Å². The smallest absolute Gasteiger partial charge is 0.110 e. The third-order valence-electron chi connectivity index (χ3n) is 2.73. The van der Waals surface area contributed by atoms with Gasteiger partial charge >= 0.3 is 0 Å². The molecule has 0 aromatic carbocycles. The molecule has 2 nitrogen and oxygen atoms in total. The highest BCUT2D eigenvalue weighted by atomic mass is 32.1. The summed E-state index contributed by atoms with van der Waals surface area (Å²) < 4.78 is 0. The van der Waals surface area contributed by atoms with Crippen molar-refractivity contribution in [2.45, 2.75) is 64.8 Å². The molecule has 0 spiro atoms. The molecule has 1 aromatic rings. The predicted octanol–water partition coefficient (Wildman–Crippen LogP) is 4.02. The molecule has 92 valence electrons. The molecule has 1 unspecified atom stereocenters. The van der Waals surface area contributed by atoms with Gasteiger partial charge in [0, 0.05) is 10.8 Å². The van der Waals surface area contributed by atoms with Crippen LogP contribution in [0.25, 0.3) is 0 Å². The molecule has 0 aliphatic carbocycles. The van der Waals surface area contributed by atoms with Gasteiger partial charge in [0.1, 0.15) is 5.01 Å². The van der Waals surface area contributed by atoms with Crippen molar-refractivity contribution in [1.29, 1.82) is 0 Å². The summed E-state index contributed by atoms with van der Waals surface area (Å²) in [6, 6.07) is 0.132. The lowest BCUT2D eigenvalue weighted by Gasteiger charge is -2.14. The average molecular weight is 240 g/mol. The van der Waals surface area contributed by atoms with Gasteiger partial charge in [-0.1, -0.05) is 47.0 Å². The van der Waals surface area contributed by atoms with E-state index in [-0.39, 0.29) is 11.5 Å². The van der Waals surface area contributed by atoms with Crippen molar-refractivity contribution < 1.29 is 0 Å². The fourth-order valence-electron chi connectivity index (χ4n) is 1.54. The van der Waals surface area contributed by atoms with Gasteiger partial charge < -0.3 is 5.73 Å². The molecule has 2 N–H and O–H groups in total. The Morgan fingerprint density at radius 1 is 1.38 bits per heavy atom. The summed E-state index contributed by atoms with van der Waals surface area (Å²) in [5, 5.41) is 3.25. The molecular formula is C13H24N2S. The summed E-state index contributed by atoms with van der Waals surface area (Å²) in [6.07, 6.45) is 4.79. The monoisotopic (exact) mass is 240 g/mol. The van der Waals surface area contributed by atoms with Crippen LogP contribution in [0.15, 0.2) is 5.38 Å². The van der Waals surface area contributed by atoms with Crippen LogP contribution in [0.3, 0.4) is 0 Å². The Morgan fingerprint density at radius 2 is 2.06 bits per heavy atom. The number of nitrogens with two attached hydrogens (primary N) is 1. The van der Waals surface area contributed by atoms with E-state index in [4.69, 9.17) is 5.73 Å². The van der Waals surface area contributed by atoms with E-state index in [0.29, 0.717) is 0 Å². The molecule has 0 saturated heterocycles. The van der Waals surface area contributed by atoms with E-state index >= 15 is 0 Å². The maximum absolute atomic E-state index is 6.14. The number of hydrogen-bond acceptors (Lipinski definition) is 3. The third kappa shape index (κ3) is 3.87. The molecule has 1 rings (SSSR count). The van der Waals surface area contributed by atoms with Crippen molar-refractivity contribution in [2.75, 3.05) is 0 Å². The molecule has 0 aliphatic rings. The van der Waals surface area contributed by atoms with Crippen molar-refractivity contribution in [1.82, 2.24) is 4.98 Å². The highest BCUT2D eigenvalue weighted by molar-refractivity contribution is 7.09. The number of aromatic nitrogens is 1. The third-order valence-corrected chi connectivity index (χ3v) is 3.70. The van der Waals surface area contributed by atoms with Crippen LogP contribution in [-0.4, -0.2) is 4.98 Å². The Labute approximate surface area is 103 Å². The largest absolute Gasteiger partial charge is 0.322 e. The Bertz CT molecular complexity index is 312. The molecule has 0 bridgehead atoms. The van der Waals surface area contributed by atoms with Crippen LogP contribution in [0.5, 0.6) is 0 Å². The van der Waals surface area contributed by atoms with Gasteiger partial charge in [-0.25, -0.2) is 4.98 Å². The first-order chi connectivity index (χ1) is 7.45. The van der Waals surface area contributed by atoms with E-state index in [9.17, 15) is 0 Å². The van der Waals surface area contributed by atoms with E-state index < -0.39 is 0 Å². The van der Waals surface area contributed by atoms with Gasteiger partial charge in [-0.15, -0.1) is 11.3 Å². The van der Waals surface area contributed by atoms with E-state index in [2.05, 4.69) is 38.1 Å². The Kier molecular flexibility index (Phi) is 4.93. The minimum Gasteiger partial charge on any atom is -0.322 e. The summed E-state index contributed by atoms with van der Waals surface area (Å²) in [6.45, 7) is 8.78. The van der Waals surface area contributed by atoms with Gasteiger partial charge in [-0.05, 0) is 6.42 Å². The topological polar surface area (TPSA) is 38.9 Å². The van der Waals surface area contributed by atoms with Gasteiger partial charge in [-0.2, -0.15) is 0 Å². The fraction of sp³-hybridized carbons (Fsp3) is 0.769. The number of hydrogen-bond donors (Lipinski definition) is 1. The van der Waals surface area contributed by atoms with Crippen LogP contribution >= 0.6 is 11.3 Å². The van der Waals surface area contributed by atoms with Gasteiger partial charge in [0.25, 0.3) is 0 Å². The lowest BCUT2D eigenvalue weighted by molar-refractivity contribution is 0.553. The zero-order chi connectivity index (χ0) is 12.2. The number of unbranched alkanes of at least 4 members (excludes halogenated alkanes) is 2. The number of nitrogens with zero attached hydrogens (tertiary/aromatic N) is 1. The molecule has 1 heterocycles. The van der Waals surface area contributed by atoms with Crippen LogP contribution in [0.4, 0.5) is 0 Å². The van der Waals surface area contributed by atoms with Crippen LogP contribution in [-0.2, 0) is 5.41 Å². The molecule has 1 aromatic heterocycles. The van der Waals surface area contributed by atoms with Crippen molar-refractivity contribution in [3.8, 4) is 0 Å². The fourth-order valence-corrected chi connectivity index (χ4v) is 2.62. The molecule has 16 heavy (non-hydrogen) atoms. The second kappa shape index (κ2) is 5.78. The summed E-state index contributed by atoms with van der Waals surface area (Å²) >= 11 is 1.71. The number of rotatable bonds is 5. The lowest BCUT2D eigenvalue weighted by atomic mass is 9.93. The summed E-state index contributed by atoms with van der Waals surface area (Å²) in [7, 11) is 0. The molecule has 1 atom stereocenters. The maximum Gasteiger partial charge on any atom is 0.110 e. The normalized spacial score (nSPS) is 14.1. The van der Waals surface area contributed by atoms with Gasteiger partial charge in [0.2, 0.25) is 0 Å².